The van der Waals surface area contributed by atoms with Crippen molar-refractivity contribution in [2.24, 2.45) is 0 Å². The summed E-state index contributed by atoms with van der Waals surface area (Å²) in [4.78, 5) is 0. The molecule has 1 aliphatic heterocycles. The molecule has 1 fully saturated rings. The summed E-state index contributed by atoms with van der Waals surface area (Å²) >= 11 is 0. The zero-order valence-corrected chi connectivity index (χ0v) is 10.0. The predicted molar refractivity (Wildman–Crippen MR) is 59.9 cm³/mol. The highest BCUT2D eigenvalue weighted by atomic mass is 16.7. The van der Waals surface area contributed by atoms with Crippen LogP contribution in [0.1, 0.15) is 46.0 Å². The second-order valence-corrected chi connectivity index (χ2v) is 4.17. The first-order valence-electron chi connectivity index (χ1n) is 6.17. The zero-order chi connectivity index (χ0) is 10.9. The fourth-order valence-electron chi connectivity index (χ4n) is 1.64. The van der Waals surface area contributed by atoms with E-state index < -0.39 is 0 Å². The van der Waals surface area contributed by atoms with Crippen molar-refractivity contribution >= 4 is 0 Å². The van der Waals surface area contributed by atoms with Crippen LogP contribution in [-0.2, 0) is 14.2 Å². The van der Waals surface area contributed by atoms with Gasteiger partial charge in [-0.15, -0.1) is 0 Å². The highest BCUT2D eigenvalue weighted by molar-refractivity contribution is 4.59. The topological polar surface area (TPSA) is 27.7 Å². The minimum absolute atomic E-state index is 0.0318. The zero-order valence-electron chi connectivity index (χ0n) is 10.0. The largest absolute Gasteiger partial charge is 0.381 e. The Kier molecular flexibility index (Phi) is 6.98. The molecule has 1 rings (SSSR count). The number of ether oxygens (including phenoxy) is 3. The molecular weight excluding hydrogens is 192 g/mol. The molecule has 1 heterocycles. The Hall–Kier alpha value is -0.120. The summed E-state index contributed by atoms with van der Waals surface area (Å²) in [7, 11) is 0. The Morgan fingerprint density at radius 3 is 2.73 bits per heavy atom. The highest BCUT2D eigenvalue weighted by Gasteiger charge is 2.21. The molecule has 0 bridgehead atoms. The number of unbranched alkanes of at least 4 members (excludes halogenated alkanes) is 3. The minimum atomic E-state index is -0.0318. The number of rotatable bonds is 8. The maximum Gasteiger partial charge on any atom is 0.160 e. The molecule has 0 spiro atoms. The average molecular weight is 216 g/mol. The summed E-state index contributed by atoms with van der Waals surface area (Å²) in [6.45, 7) is 6.61. The molecule has 2 atom stereocenters. The van der Waals surface area contributed by atoms with E-state index in [1.54, 1.807) is 0 Å². The summed E-state index contributed by atoms with van der Waals surface area (Å²) in [5.41, 5.74) is 0. The van der Waals surface area contributed by atoms with Crippen LogP contribution in [0.5, 0.6) is 0 Å². The monoisotopic (exact) mass is 216 g/mol. The van der Waals surface area contributed by atoms with Gasteiger partial charge in [0.25, 0.3) is 0 Å². The van der Waals surface area contributed by atoms with E-state index in [0.717, 1.165) is 26.2 Å². The Balaban J connectivity index is 1.81. The average Bonchev–Trinajstić information content (AvgIpc) is 2.63. The second-order valence-electron chi connectivity index (χ2n) is 4.17. The van der Waals surface area contributed by atoms with Gasteiger partial charge in [-0.3, -0.25) is 0 Å². The summed E-state index contributed by atoms with van der Waals surface area (Å²) in [5, 5.41) is 0. The van der Waals surface area contributed by atoms with Crippen molar-refractivity contribution in [1.29, 1.82) is 0 Å². The van der Waals surface area contributed by atoms with Gasteiger partial charge < -0.3 is 14.2 Å². The van der Waals surface area contributed by atoms with Crippen molar-refractivity contribution in [3.8, 4) is 0 Å². The highest BCUT2D eigenvalue weighted by Crippen LogP contribution is 2.13. The first-order valence-corrected chi connectivity index (χ1v) is 6.17. The molecule has 0 radical (unpaired) electrons. The van der Waals surface area contributed by atoms with Crippen molar-refractivity contribution in [3.05, 3.63) is 0 Å². The number of hydrogen-bond donors (Lipinski definition) is 0. The van der Waals surface area contributed by atoms with E-state index in [9.17, 15) is 0 Å². The molecule has 1 aliphatic rings. The maximum absolute atomic E-state index is 5.52. The fraction of sp³-hybridized carbons (Fsp3) is 1.00. The van der Waals surface area contributed by atoms with E-state index in [2.05, 4.69) is 6.92 Å². The summed E-state index contributed by atoms with van der Waals surface area (Å²) < 4.78 is 16.4. The lowest BCUT2D eigenvalue weighted by Crippen LogP contribution is -2.13. The van der Waals surface area contributed by atoms with Crippen LogP contribution in [0.15, 0.2) is 0 Å². The van der Waals surface area contributed by atoms with Crippen LogP contribution in [0.25, 0.3) is 0 Å². The van der Waals surface area contributed by atoms with Crippen molar-refractivity contribution in [3.63, 3.8) is 0 Å². The third-order valence-corrected chi connectivity index (χ3v) is 2.54. The van der Waals surface area contributed by atoms with E-state index in [-0.39, 0.29) is 12.4 Å². The molecule has 0 aliphatic carbocycles. The minimum Gasteiger partial charge on any atom is -0.381 e. The lowest BCUT2D eigenvalue weighted by molar-refractivity contribution is -0.0727. The van der Waals surface area contributed by atoms with Crippen molar-refractivity contribution in [2.45, 2.75) is 58.3 Å². The van der Waals surface area contributed by atoms with E-state index in [1.165, 1.54) is 25.7 Å². The van der Waals surface area contributed by atoms with Crippen molar-refractivity contribution in [2.75, 3.05) is 19.8 Å². The molecule has 90 valence electrons. The molecule has 0 amide bonds. The van der Waals surface area contributed by atoms with Crippen LogP contribution in [0.3, 0.4) is 0 Å². The van der Waals surface area contributed by atoms with Gasteiger partial charge in [0.1, 0.15) is 0 Å². The number of hydrogen-bond acceptors (Lipinski definition) is 3. The first-order chi connectivity index (χ1) is 7.33. The smallest absolute Gasteiger partial charge is 0.160 e. The van der Waals surface area contributed by atoms with E-state index in [0.29, 0.717) is 0 Å². The van der Waals surface area contributed by atoms with E-state index >= 15 is 0 Å². The summed E-state index contributed by atoms with van der Waals surface area (Å²) in [6.07, 6.45) is 6.13. The van der Waals surface area contributed by atoms with Gasteiger partial charge in [0.05, 0.1) is 19.3 Å². The van der Waals surface area contributed by atoms with Gasteiger partial charge in [0.2, 0.25) is 0 Å². The van der Waals surface area contributed by atoms with Gasteiger partial charge in [-0.1, -0.05) is 26.2 Å². The Morgan fingerprint density at radius 1 is 1.20 bits per heavy atom. The van der Waals surface area contributed by atoms with Crippen LogP contribution < -0.4 is 0 Å². The molecule has 0 N–H and O–H groups in total. The van der Waals surface area contributed by atoms with Gasteiger partial charge in [-0.25, -0.2) is 0 Å². The van der Waals surface area contributed by atoms with Crippen LogP contribution in [0, 0.1) is 0 Å². The molecule has 0 saturated carbocycles. The van der Waals surface area contributed by atoms with Gasteiger partial charge in [-0.05, 0) is 13.3 Å². The standard InChI is InChI=1S/C12H24O3/c1-3-4-5-6-8-13-9-7-12-14-10-11(2)15-12/h11-12H,3-10H2,1-2H3/t11-,12+/m1/s1. The van der Waals surface area contributed by atoms with Gasteiger partial charge in [-0.2, -0.15) is 0 Å². The van der Waals surface area contributed by atoms with Gasteiger partial charge >= 0.3 is 0 Å². The van der Waals surface area contributed by atoms with Crippen LogP contribution in [-0.4, -0.2) is 32.2 Å². The maximum atomic E-state index is 5.52. The Labute approximate surface area is 93.1 Å². The van der Waals surface area contributed by atoms with Crippen LogP contribution >= 0.6 is 0 Å². The molecule has 3 nitrogen and oxygen atoms in total. The van der Waals surface area contributed by atoms with Crippen LogP contribution in [0.2, 0.25) is 0 Å². The lowest BCUT2D eigenvalue weighted by atomic mass is 10.2. The molecule has 0 aromatic rings. The quantitative estimate of drug-likeness (QED) is 0.584. The van der Waals surface area contributed by atoms with Crippen LogP contribution in [0.4, 0.5) is 0 Å². The van der Waals surface area contributed by atoms with Crippen molar-refractivity contribution < 1.29 is 14.2 Å². The molecule has 0 unspecified atom stereocenters. The van der Waals surface area contributed by atoms with Crippen molar-refractivity contribution in [1.82, 2.24) is 0 Å². The summed E-state index contributed by atoms with van der Waals surface area (Å²) in [5.74, 6) is 0. The lowest BCUT2D eigenvalue weighted by Gasteiger charge is -2.09. The Morgan fingerprint density at radius 2 is 2.07 bits per heavy atom. The molecule has 0 aromatic carbocycles. The second kappa shape index (κ2) is 8.08. The molecule has 1 saturated heterocycles. The summed E-state index contributed by atoms with van der Waals surface area (Å²) in [6, 6.07) is 0. The molecule has 15 heavy (non-hydrogen) atoms. The molecule has 3 heteroatoms. The third-order valence-electron chi connectivity index (χ3n) is 2.54. The Bertz CT molecular complexity index is 150. The van der Waals surface area contributed by atoms with E-state index in [1.807, 2.05) is 6.92 Å². The molecule has 0 aromatic heterocycles. The normalized spacial score (nSPS) is 26.0. The molecular formula is C12H24O3. The fourth-order valence-corrected chi connectivity index (χ4v) is 1.64. The predicted octanol–water partition coefficient (Wildman–Crippen LogP) is 2.73. The van der Waals surface area contributed by atoms with E-state index in [4.69, 9.17) is 14.2 Å². The van der Waals surface area contributed by atoms with Gasteiger partial charge in [0, 0.05) is 13.0 Å². The third kappa shape index (κ3) is 6.13. The first kappa shape index (κ1) is 12.9. The SMILES string of the molecule is CCCCCCOCC[C@H]1OC[C@@H](C)O1. The van der Waals surface area contributed by atoms with Gasteiger partial charge in [0.15, 0.2) is 6.29 Å².